The number of benzene rings is 1. The Kier molecular flexibility index (Phi) is 4.13. The summed E-state index contributed by atoms with van der Waals surface area (Å²) in [7, 11) is 0. The average Bonchev–Trinajstić information content (AvgIpc) is 2.77. The maximum Gasteiger partial charge on any atom is 0.123 e. The molecule has 3 unspecified atom stereocenters. The maximum absolute atomic E-state index is 13.0. The van der Waals surface area contributed by atoms with Gasteiger partial charge in [0, 0.05) is 12.5 Å². The van der Waals surface area contributed by atoms with Crippen molar-refractivity contribution in [2.24, 2.45) is 5.92 Å². The van der Waals surface area contributed by atoms with Crippen molar-refractivity contribution in [3.8, 4) is 0 Å². The van der Waals surface area contributed by atoms with Crippen LogP contribution in [0.3, 0.4) is 0 Å². The number of aliphatic hydroxyl groups is 1. The summed E-state index contributed by atoms with van der Waals surface area (Å²) < 4.78 is 18.6. The van der Waals surface area contributed by atoms with E-state index >= 15 is 0 Å². The highest BCUT2D eigenvalue weighted by Gasteiger charge is 2.32. The molecule has 1 saturated heterocycles. The molecule has 0 saturated carbocycles. The monoisotopic (exact) mass is 238 g/mol. The summed E-state index contributed by atoms with van der Waals surface area (Å²) in [5.41, 5.74) is 0.847. The summed E-state index contributed by atoms with van der Waals surface area (Å²) in [6.45, 7) is 2.79. The van der Waals surface area contributed by atoms with E-state index in [0.717, 1.165) is 25.0 Å². The van der Waals surface area contributed by atoms with E-state index in [1.54, 1.807) is 6.07 Å². The van der Waals surface area contributed by atoms with Crippen molar-refractivity contribution in [1.29, 1.82) is 0 Å². The molecule has 0 aromatic heterocycles. The Bertz CT molecular complexity index is 367. The van der Waals surface area contributed by atoms with E-state index in [4.69, 9.17) is 4.74 Å². The Labute approximate surface area is 101 Å². The average molecular weight is 238 g/mol. The van der Waals surface area contributed by atoms with Crippen LogP contribution >= 0.6 is 0 Å². The normalized spacial score (nSPS) is 26.1. The molecule has 1 aliphatic rings. The van der Waals surface area contributed by atoms with E-state index in [2.05, 4.69) is 6.92 Å². The Balaban J connectivity index is 1.99. The van der Waals surface area contributed by atoms with Gasteiger partial charge in [0.2, 0.25) is 0 Å². The van der Waals surface area contributed by atoms with Gasteiger partial charge < -0.3 is 9.84 Å². The standard InChI is InChI=1S/C14H19FO2/c1-2-14-12(6-7-17-14)13(16)9-10-4-3-5-11(15)8-10/h3-5,8,12-14,16H,2,6-7,9H2,1H3. The lowest BCUT2D eigenvalue weighted by molar-refractivity contribution is 0.0317. The van der Waals surface area contributed by atoms with Gasteiger partial charge in [0.15, 0.2) is 0 Å². The van der Waals surface area contributed by atoms with Gasteiger partial charge in [-0.05, 0) is 37.0 Å². The molecule has 1 N–H and O–H groups in total. The number of ether oxygens (including phenoxy) is 1. The lowest BCUT2D eigenvalue weighted by Crippen LogP contribution is -2.29. The van der Waals surface area contributed by atoms with Gasteiger partial charge in [-0.1, -0.05) is 19.1 Å². The van der Waals surface area contributed by atoms with Crippen LogP contribution in [0.5, 0.6) is 0 Å². The van der Waals surface area contributed by atoms with Crippen LogP contribution in [0.2, 0.25) is 0 Å². The van der Waals surface area contributed by atoms with Gasteiger partial charge in [0.05, 0.1) is 12.2 Å². The predicted molar refractivity (Wildman–Crippen MR) is 64.2 cm³/mol. The Morgan fingerprint density at radius 2 is 2.35 bits per heavy atom. The molecule has 94 valence electrons. The largest absolute Gasteiger partial charge is 0.392 e. The summed E-state index contributed by atoms with van der Waals surface area (Å²) in [6.07, 6.45) is 2.03. The first-order valence-corrected chi connectivity index (χ1v) is 6.24. The van der Waals surface area contributed by atoms with Gasteiger partial charge >= 0.3 is 0 Å². The molecule has 0 radical (unpaired) electrons. The Morgan fingerprint density at radius 3 is 3.06 bits per heavy atom. The molecular weight excluding hydrogens is 219 g/mol. The molecular formula is C14H19FO2. The summed E-state index contributed by atoms with van der Waals surface area (Å²) in [5.74, 6) is -0.0623. The van der Waals surface area contributed by atoms with Crippen LogP contribution in [0, 0.1) is 11.7 Å². The highest BCUT2D eigenvalue weighted by atomic mass is 19.1. The van der Waals surface area contributed by atoms with E-state index in [9.17, 15) is 9.50 Å². The second-order valence-corrected chi connectivity index (χ2v) is 4.67. The van der Waals surface area contributed by atoms with E-state index in [1.807, 2.05) is 6.07 Å². The molecule has 1 aromatic rings. The first-order chi connectivity index (χ1) is 8.20. The minimum atomic E-state index is -0.441. The maximum atomic E-state index is 13.0. The number of hydrogen-bond donors (Lipinski definition) is 1. The van der Waals surface area contributed by atoms with Crippen molar-refractivity contribution in [2.45, 2.75) is 38.4 Å². The molecule has 1 aromatic carbocycles. The number of rotatable bonds is 4. The highest BCUT2D eigenvalue weighted by molar-refractivity contribution is 5.17. The smallest absolute Gasteiger partial charge is 0.123 e. The molecule has 0 spiro atoms. The van der Waals surface area contributed by atoms with Gasteiger partial charge in [-0.15, -0.1) is 0 Å². The SMILES string of the molecule is CCC1OCCC1C(O)Cc1cccc(F)c1. The van der Waals surface area contributed by atoms with Gasteiger partial charge in [-0.3, -0.25) is 0 Å². The fourth-order valence-corrected chi connectivity index (χ4v) is 2.58. The van der Waals surface area contributed by atoms with E-state index < -0.39 is 6.10 Å². The first kappa shape index (κ1) is 12.5. The fourth-order valence-electron chi connectivity index (χ4n) is 2.58. The highest BCUT2D eigenvalue weighted by Crippen LogP contribution is 2.28. The van der Waals surface area contributed by atoms with Gasteiger partial charge in [-0.25, -0.2) is 4.39 Å². The third kappa shape index (κ3) is 3.05. The summed E-state index contributed by atoms with van der Waals surface area (Å²) in [4.78, 5) is 0. The molecule has 0 aliphatic carbocycles. The molecule has 2 rings (SSSR count). The van der Waals surface area contributed by atoms with Crippen LogP contribution in [-0.4, -0.2) is 23.9 Å². The molecule has 17 heavy (non-hydrogen) atoms. The van der Waals surface area contributed by atoms with Gasteiger partial charge in [0.25, 0.3) is 0 Å². The van der Waals surface area contributed by atoms with E-state index in [0.29, 0.717) is 6.42 Å². The minimum Gasteiger partial charge on any atom is -0.392 e. The predicted octanol–water partition coefficient (Wildman–Crippen LogP) is 2.54. The van der Waals surface area contributed by atoms with Crippen molar-refractivity contribution in [3.05, 3.63) is 35.6 Å². The van der Waals surface area contributed by atoms with Crippen LogP contribution in [0.25, 0.3) is 0 Å². The summed E-state index contributed by atoms with van der Waals surface area (Å²) in [5, 5.41) is 10.2. The molecule has 3 atom stereocenters. The minimum absolute atomic E-state index is 0.151. The van der Waals surface area contributed by atoms with Crippen molar-refractivity contribution in [3.63, 3.8) is 0 Å². The molecule has 0 bridgehead atoms. The fraction of sp³-hybridized carbons (Fsp3) is 0.571. The van der Waals surface area contributed by atoms with E-state index in [-0.39, 0.29) is 17.8 Å². The van der Waals surface area contributed by atoms with Gasteiger partial charge in [-0.2, -0.15) is 0 Å². The molecule has 3 heteroatoms. The van der Waals surface area contributed by atoms with Crippen molar-refractivity contribution >= 4 is 0 Å². The first-order valence-electron chi connectivity index (χ1n) is 6.24. The number of hydrogen-bond acceptors (Lipinski definition) is 2. The van der Waals surface area contributed by atoms with E-state index in [1.165, 1.54) is 12.1 Å². The van der Waals surface area contributed by atoms with Gasteiger partial charge in [0.1, 0.15) is 5.82 Å². The second-order valence-electron chi connectivity index (χ2n) is 4.67. The number of aliphatic hydroxyl groups excluding tert-OH is 1. The van der Waals surface area contributed by atoms with Crippen LogP contribution in [0.15, 0.2) is 24.3 Å². The molecule has 0 amide bonds. The number of halogens is 1. The zero-order chi connectivity index (χ0) is 12.3. The molecule has 1 aliphatic heterocycles. The van der Waals surface area contributed by atoms with Crippen molar-refractivity contribution in [2.75, 3.05) is 6.61 Å². The topological polar surface area (TPSA) is 29.5 Å². The van der Waals surface area contributed by atoms with Crippen LogP contribution < -0.4 is 0 Å². The third-order valence-electron chi connectivity index (χ3n) is 3.49. The second kappa shape index (κ2) is 5.61. The summed E-state index contributed by atoms with van der Waals surface area (Å²) in [6, 6.07) is 6.44. The molecule has 2 nitrogen and oxygen atoms in total. The third-order valence-corrected chi connectivity index (χ3v) is 3.49. The quantitative estimate of drug-likeness (QED) is 0.873. The van der Waals surface area contributed by atoms with Crippen LogP contribution in [-0.2, 0) is 11.2 Å². The zero-order valence-corrected chi connectivity index (χ0v) is 10.1. The Hall–Kier alpha value is -0.930. The molecule has 1 heterocycles. The molecule has 1 fully saturated rings. The Morgan fingerprint density at radius 1 is 1.53 bits per heavy atom. The lowest BCUT2D eigenvalue weighted by Gasteiger charge is -2.22. The summed E-state index contributed by atoms with van der Waals surface area (Å²) >= 11 is 0. The van der Waals surface area contributed by atoms with Crippen molar-refractivity contribution < 1.29 is 14.2 Å². The van der Waals surface area contributed by atoms with Crippen LogP contribution in [0.4, 0.5) is 4.39 Å². The zero-order valence-electron chi connectivity index (χ0n) is 10.1. The van der Waals surface area contributed by atoms with Crippen LogP contribution in [0.1, 0.15) is 25.3 Å². The lowest BCUT2D eigenvalue weighted by atomic mass is 9.89. The van der Waals surface area contributed by atoms with Crippen molar-refractivity contribution in [1.82, 2.24) is 0 Å².